The number of H-pyrrole nitrogens is 1. The second kappa shape index (κ2) is 5.30. The molecule has 0 radical (unpaired) electrons. The van der Waals surface area contributed by atoms with E-state index in [1.54, 1.807) is 24.3 Å². The highest BCUT2D eigenvalue weighted by molar-refractivity contribution is 5.97. The number of carbonyl (C=O) groups is 1. The zero-order chi connectivity index (χ0) is 13.8. The number of pyridine rings is 1. The Bertz CT molecular complexity index is 693. The van der Waals surface area contributed by atoms with Crippen LogP contribution in [0.5, 0.6) is 0 Å². The Morgan fingerprint density at radius 2 is 2.11 bits per heavy atom. The minimum absolute atomic E-state index is 0.0537. The Labute approximate surface area is 107 Å². The maximum absolute atomic E-state index is 11.7. The van der Waals surface area contributed by atoms with E-state index < -0.39 is 16.4 Å². The first-order valence-electron chi connectivity index (χ1n) is 5.60. The molecular formula is C12H11N3O4. The Morgan fingerprint density at radius 1 is 1.37 bits per heavy atom. The van der Waals surface area contributed by atoms with Gasteiger partial charge in [-0.25, -0.2) is 0 Å². The molecule has 0 aliphatic rings. The number of carbonyl (C=O) groups excluding carboxylic acids is 1. The van der Waals surface area contributed by atoms with Gasteiger partial charge in [0.05, 0.1) is 6.54 Å². The van der Waals surface area contributed by atoms with Crippen LogP contribution in [-0.2, 0) is 0 Å². The number of nitro groups is 1. The van der Waals surface area contributed by atoms with E-state index >= 15 is 0 Å². The van der Waals surface area contributed by atoms with Crippen LogP contribution in [0.25, 0.3) is 10.9 Å². The molecule has 0 bridgehead atoms. The fraction of sp³-hybridized carbons (Fsp3) is 0.167. The van der Waals surface area contributed by atoms with Gasteiger partial charge in [-0.15, -0.1) is 0 Å². The molecule has 98 valence electrons. The summed E-state index contributed by atoms with van der Waals surface area (Å²) in [6.45, 7) is -0.491. The number of aromatic nitrogens is 1. The molecule has 7 nitrogen and oxygen atoms in total. The standard InChI is InChI=1S/C12H11N3O4/c16-11(13-5-6-15(18)19)9-7-8-3-1-2-4-10(8)14-12(9)17/h1-4,7H,5-6H2,(H,13,16)(H,14,17). The number of amides is 1. The molecule has 1 heterocycles. The Hall–Kier alpha value is -2.70. The van der Waals surface area contributed by atoms with E-state index in [1.807, 2.05) is 0 Å². The molecule has 19 heavy (non-hydrogen) atoms. The normalized spacial score (nSPS) is 10.3. The summed E-state index contributed by atoms with van der Waals surface area (Å²) in [7, 11) is 0. The number of nitrogens with one attached hydrogen (secondary N) is 2. The molecule has 7 heteroatoms. The molecule has 2 aromatic rings. The predicted octanol–water partition coefficient (Wildman–Crippen LogP) is 0.535. The van der Waals surface area contributed by atoms with E-state index in [2.05, 4.69) is 10.3 Å². The van der Waals surface area contributed by atoms with Crippen molar-refractivity contribution < 1.29 is 9.72 Å². The van der Waals surface area contributed by atoms with E-state index in [1.165, 1.54) is 6.07 Å². The van der Waals surface area contributed by atoms with Crippen LogP contribution in [0, 0.1) is 10.1 Å². The average molecular weight is 261 g/mol. The summed E-state index contributed by atoms with van der Waals surface area (Å²) in [6, 6.07) is 8.52. The lowest BCUT2D eigenvalue weighted by molar-refractivity contribution is -0.477. The van der Waals surface area contributed by atoms with Crippen molar-refractivity contribution >= 4 is 16.8 Å². The van der Waals surface area contributed by atoms with Gasteiger partial charge in [0, 0.05) is 10.4 Å². The van der Waals surface area contributed by atoms with Crippen molar-refractivity contribution in [1.29, 1.82) is 0 Å². The molecule has 0 unspecified atom stereocenters. The number of fused-ring (bicyclic) bond motifs is 1. The fourth-order valence-corrected chi connectivity index (χ4v) is 1.67. The molecule has 2 rings (SSSR count). The third-order valence-electron chi connectivity index (χ3n) is 2.58. The van der Waals surface area contributed by atoms with Gasteiger partial charge in [-0.3, -0.25) is 19.7 Å². The van der Waals surface area contributed by atoms with Crippen LogP contribution in [0.3, 0.4) is 0 Å². The number of rotatable bonds is 4. The van der Waals surface area contributed by atoms with Gasteiger partial charge in [-0.2, -0.15) is 0 Å². The summed E-state index contributed by atoms with van der Waals surface area (Å²) in [6.07, 6.45) is 0. The van der Waals surface area contributed by atoms with E-state index in [-0.39, 0.29) is 18.7 Å². The zero-order valence-electron chi connectivity index (χ0n) is 9.88. The molecule has 1 amide bonds. The van der Waals surface area contributed by atoms with Crippen LogP contribution in [0.2, 0.25) is 0 Å². The number of benzene rings is 1. The summed E-state index contributed by atoms with van der Waals surface area (Å²) in [5.74, 6) is -0.617. The molecule has 0 saturated carbocycles. The molecule has 0 saturated heterocycles. The van der Waals surface area contributed by atoms with E-state index in [9.17, 15) is 19.7 Å². The van der Waals surface area contributed by atoms with Crippen LogP contribution < -0.4 is 10.9 Å². The van der Waals surface area contributed by atoms with Crippen LogP contribution >= 0.6 is 0 Å². The topological polar surface area (TPSA) is 105 Å². The smallest absolute Gasteiger partial charge is 0.261 e. The van der Waals surface area contributed by atoms with Crippen molar-refractivity contribution in [2.45, 2.75) is 0 Å². The summed E-state index contributed by atoms with van der Waals surface area (Å²) in [5, 5.41) is 13.2. The molecule has 0 fully saturated rings. The van der Waals surface area contributed by atoms with E-state index in [0.29, 0.717) is 5.52 Å². The molecule has 1 aromatic carbocycles. The van der Waals surface area contributed by atoms with Gasteiger partial charge in [0.2, 0.25) is 6.54 Å². The first-order chi connectivity index (χ1) is 9.08. The van der Waals surface area contributed by atoms with Crippen molar-refractivity contribution in [2.24, 2.45) is 0 Å². The van der Waals surface area contributed by atoms with E-state index in [0.717, 1.165) is 5.39 Å². The summed E-state index contributed by atoms with van der Waals surface area (Å²) >= 11 is 0. The first-order valence-corrected chi connectivity index (χ1v) is 5.60. The van der Waals surface area contributed by atoms with E-state index in [4.69, 9.17) is 0 Å². The molecule has 0 aliphatic heterocycles. The predicted molar refractivity (Wildman–Crippen MR) is 68.8 cm³/mol. The highest BCUT2D eigenvalue weighted by Gasteiger charge is 2.12. The third-order valence-corrected chi connectivity index (χ3v) is 2.58. The second-order valence-electron chi connectivity index (χ2n) is 3.91. The van der Waals surface area contributed by atoms with Crippen LogP contribution in [-0.4, -0.2) is 28.9 Å². The highest BCUT2D eigenvalue weighted by atomic mass is 16.6. The van der Waals surface area contributed by atoms with Gasteiger partial charge in [0.25, 0.3) is 11.5 Å². The fourth-order valence-electron chi connectivity index (χ4n) is 1.67. The molecule has 0 atom stereocenters. The van der Waals surface area contributed by atoms with Gasteiger partial charge >= 0.3 is 0 Å². The minimum Gasteiger partial charge on any atom is -0.345 e. The third kappa shape index (κ3) is 2.95. The van der Waals surface area contributed by atoms with Gasteiger partial charge < -0.3 is 10.3 Å². The van der Waals surface area contributed by atoms with Crippen LogP contribution in [0.4, 0.5) is 0 Å². The molecule has 1 aromatic heterocycles. The maximum Gasteiger partial charge on any atom is 0.261 e. The van der Waals surface area contributed by atoms with Gasteiger partial charge in [0.15, 0.2) is 0 Å². The molecule has 0 aliphatic carbocycles. The minimum atomic E-state index is -0.617. The quantitative estimate of drug-likeness (QED) is 0.618. The Kier molecular flexibility index (Phi) is 3.56. The van der Waals surface area contributed by atoms with Gasteiger partial charge in [0.1, 0.15) is 5.56 Å². The first kappa shape index (κ1) is 12.7. The molecule has 0 spiro atoms. The average Bonchev–Trinajstić information content (AvgIpc) is 2.37. The van der Waals surface area contributed by atoms with Crippen LogP contribution in [0.1, 0.15) is 10.4 Å². The lowest BCUT2D eigenvalue weighted by Gasteiger charge is -2.03. The number of hydrogen-bond donors (Lipinski definition) is 2. The highest BCUT2D eigenvalue weighted by Crippen LogP contribution is 2.09. The second-order valence-corrected chi connectivity index (χ2v) is 3.91. The van der Waals surface area contributed by atoms with Crippen LogP contribution in [0.15, 0.2) is 35.1 Å². The summed E-state index contributed by atoms with van der Waals surface area (Å²) in [4.78, 5) is 35.7. The zero-order valence-corrected chi connectivity index (χ0v) is 9.88. The van der Waals surface area contributed by atoms with Crippen molar-refractivity contribution in [1.82, 2.24) is 10.3 Å². The summed E-state index contributed by atoms with van der Waals surface area (Å²) < 4.78 is 0. The number of aromatic amines is 1. The van der Waals surface area contributed by atoms with Crippen molar-refractivity contribution in [2.75, 3.05) is 13.1 Å². The SMILES string of the molecule is O=C(NCC[N+](=O)[O-])c1cc2ccccc2[nH]c1=O. The Morgan fingerprint density at radius 3 is 2.84 bits per heavy atom. The Balaban J connectivity index is 2.24. The van der Waals surface area contributed by atoms with Gasteiger partial charge in [-0.1, -0.05) is 18.2 Å². The lowest BCUT2D eigenvalue weighted by Crippen LogP contribution is -2.32. The molecule has 2 N–H and O–H groups in total. The number of hydrogen-bond acceptors (Lipinski definition) is 4. The number of para-hydroxylation sites is 1. The lowest BCUT2D eigenvalue weighted by atomic mass is 10.1. The van der Waals surface area contributed by atoms with Crippen molar-refractivity contribution in [3.8, 4) is 0 Å². The van der Waals surface area contributed by atoms with Crippen molar-refractivity contribution in [3.63, 3.8) is 0 Å². The maximum atomic E-state index is 11.7. The summed E-state index contributed by atoms with van der Waals surface area (Å²) in [5.41, 5.74) is 0.0636. The monoisotopic (exact) mass is 261 g/mol. The van der Waals surface area contributed by atoms with Crippen molar-refractivity contribution in [3.05, 3.63) is 56.4 Å². The number of nitrogens with zero attached hydrogens (tertiary/aromatic N) is 1. The molecular weight excluding hydrogens is 250 g/mol. The van der Waals surface area contributed by atoms with Gasteiger partial charge in [-0.05, 0) is 17.5 Å². The largest absolute Gasteiger partial charge is 0.345 e.